The summed E-state index contributed by atoms with van der Waals surface area (Å²) in [6.07, 6.45) is 1.92. The predicted octanol–water partition coefficient (Wildman–Crippen LogP) is 2.29. The summed E-state index contributed by atoms with van der Waals surface area (Å²) in [5.41, 5.74) is 7.42. The Hall–Kier alpha value is -2.11. The molecule has 0 saturated heterocycles. The van der Waals surface area contributed by atoms with Gasteiger partial charge in [-0.2, -0.15) is 0 Å². The molecular weight excluding hydrogens is 242 g/mol. The first-order valence-corrected chi connectivity index (χ1v) is 6.43. The second-order valence-electron chi connectivity index (χ2n) is 4.34. The van der Waals surface area contributed by atoms with Crippen LogP contribution in [0.2, 0.25) is 0 Å². The first kappa shape index (κ1) is 13.3. The number of nitrogen functional groups attached to an aromatic ring is 1. The maximum absolute atomic E-state index is 6.05. The van der Waals surface area contributed by atoms with Crippen molar-refractivity contribution in [1.29, 1.82) is 0 Å². The highest BCUT2D eigenvalue weighted by Gasteiger charge is 2.20. The number of nitrogens with two attached hydrogens (primary N) is 1. The van der Waals surface area contributed by atoms with Gasteiger partial charge in [-0.05, 0) is 35.4 Å². The van der Waals surface area contributed by atoms with E-state index in [0.717, 1.165) is 18.4 Å². The number of aromatic nitrogens is 4. The Morgan fingerprint density at radius 3 is 2.68 bits per heavy atom. The lowest BCUT2D eigenvalue weighted by atomic mass is 10.1. The van der Waals surface area contributed by atoms with Crippen molar-refractivity contribution < 1.29 is 4.74 Å². The Labute approximate surface area is 112 Å². The van der Waals surface area contributed by atoms with Gasteiger partial charge in [-0.3, -0.25) is 0 Å². The van der Waals surface area contributed by atoms with Crippen LogP contribution in [0.1, 0.15) is 32.7 Å². The molecule has 19 heavy (non-hydrogen) atoms. The van der Waals surface area contributed by atoms with E-state index >= 15 is 0 Å². The number of rotatable bonds is 5. The van der Waals surface area contributed by atoms with Crippen molar-refractivity contribution in [3.05, 3.63) is 18.2 Å². The fraction of sp³-hybridized carbons (Fsp3) is 0.462. The highest BCUT2D eigenvalue weighted by molar-refractivity contribution is 5.77. The van der Waals surface area contributed by atoms with Gasteiger partial charge in [0.05, 0.1) is 18.7 Å². The topological polar surface area (TPSA) is 78.9 Å². The van der Waals surface area contributed by atoms with Gasteiger partial charge in [-0.15, -0.1) is 5.10 Å². The van der Waals surface area contributed by atoms with Crippen LogP contribution in [-0.4, -0.2) is 27.3 Å². The molecule has 6 heteroatoms. The minimum Gasteiger partial charge on any atom is -0.496 e. The predicted molar refractivity (Wildman–Crippen MR) is 73.8 cm³/mol. The first-order chi connectivity index (χ1) is 9.22. The molecule has 0 aliphatic heterocycles. The Morgan fingerprint density at radius 2 is 2.05 bits per heavy atom. The molecule has 2 rings (SSSR count). The van der Waals surface area contributed by atoms with Gasteiger partial charge in [0.25, 0.3) is 0 Å². The Bertz CT molecular complexity index is 548. The van der Waals surface area contributed by atoms with Gasteiger partial charge in [0.15, 0.2) is 5.82 Å². The number of ether oxygens (including phenoxy) is 1. The Kier molecular flexibility index (Phi) is 3.99. The molecule has 0 aliphatic carbocycles. The molecule has 0 radical (unpaired) electrons. The van der Waals surface area contributed by atoms with Crippen LogP contribution < -0.4 is 10.5 Å². The standard InChI is InChI=1S/C13H19N5O/c1-4-9(5-2)18-13(15-16-17-18)12-10(14)7-6-8-11(12)19-3/h6-9H,4-5,14H2,1-3H3. The van der Waals surface area contributed by atoms with Crippen molar-refractivity contribution in [1.82, 2.24) is 20.2 Å². The number of tetrazole rings is 1. The summed E-state index contributed by atoms with van der Waals surface area (Å²) in [4.78, 5) is 0. The zero-order valence-electron chi connectivity index (χ0n) is 11.5. The molecule has 0 spiro atoms. The van der Waals surface area contributed by atoms with Crippen LogP contribution in [0.25, 0.3) is 11.4 Å². The van der Waals surface area contributed by atoms with Crippen LogP contribution in [-0.2, 0) is 0 Å². The van der Waals surface area contributed by atoms with Gasteiger partial charge in [-0.1, -0.05) is 19.9 Å². The van der Waals surface area contributed by atoms with E-state index in [2.05, 4.69) is 29.4 Å². The quantitative estimate of drug-likeness (QED) is 0.835. The summed E-state index contributed by atoms with van der Waals surface area (Å²) in [6.45, 7) is 4.23. The second kappa shape index (κ2) is 5.69. The SMILES string of the molecule is CCC(CC)n1nnnc1-c1c(N)cccc1OC. The van der Waals surface area contributed by atoms with Crippen LogP contribution in [0.5, 0.6) is 5.75 Å². The molecule has 1 aromatic heterocycles. The Morgan fingerprint density at radius 1 is 1.32 bits per heavy atom. The molecule has 1 aromatic carbocycles. The lowest BCUT2D eigenvalue weighted by Gasteiger charge is -2.16. The molecule has 2 N–H and O–H groups in total. The molecule has 0 atom stereocenters. The monoisotopic (exact) mass is 261 g/mol. The molecule has 0 saturated carbocycles. The number of hydrogen-bond acceptors (Lipinski definition) is 5. The van der Waals surface area contributed by atoms with Crippen LogP contribution in [0.3, 0.4) is 0 Å². The smallest absolute Gasteiger partial charge is 0.188 e. The minimum absolute atomic E-state index is 0.259. The maximum Gasteiger partial charge on any atom is 0.188 e. The summed E-state index contributed by atoms with van der Waals surface area (Å²) in [6, 6.07) is 5.79. The number of anilines is 1. The number of hydrogen-bond donors (Lipinski definition) is 1. The fourth-order valence-electron chi connectivity index (χ4n) is 2.20. The van der Waals surface area contributed by atoms with Crippen LogP contribution in [0.4, 0.5) is 5.69 Å². The van der Waals surface area contributed by atoms with E-state index in [4.69, 9.17) is 10.5 Å². The third-order valence-corrected chi connectivity index (χ3v) is 3.28. The van der Waals surface area contributed by atoms with Crippen molar-refractivity contribution in [2.75, 3.05) is 12.8 Å². The average Bonchev–Trinajstić information content (AvgIpc) is 2.89. The van der Waals surface area contributed by atoms with Crippen molar-refractivity contribution in [3.63, 3.8) is 0 Å². The maximum atomic E-state index is 6.05. The van der Waals surface area contributed by atoms with Gasteiger partial charge in [0, 0.05) is 5.69 Å². The number of methoxy groups -OCH3 is 1. The summed E-state index contributed by atoms with van der Waals surface area (Å²) >= 11 is 0. The summed E-state index contributed by atoms with van der Waals surface area (Å²) < 4.78 is 7.19. The minimum atomic E-state index is 0.259. The van der Waals surface area contributed by atoms with Crippen LogP contribution in [0, 0.1) is 0 Å². The van der Waals surface area contributed by atoms with Crippen LogP contribution in [0.15, 0.2) is 18.2 Å². The van der Waals surface area contributed by atoms with E-state index in [0.29, 0.717) is 17.3 Å². The normalized spacial score (nSPS) is 10.9. The van der Waals surface area contributed by atoms with Crippen molar-refractivity contribution in [3.8, 4) is 17.1 Å². The zero-order valence-corrected chi connectivity index (χ0v) is 11.5. The summed E-state index contributed by atoms with van der Waals surface area (Å²) in [5, 5.41) is 12.0. The highest BCUT2D eigenvalue weighted by Crippen LogP contribution is 2.35. The molecule has 1 heterocycles. The van der Waals surface area contributed by atoms with E-state index in [1.54, 1.807) is 7.11 Å². The molecule has 0 amide bonds. The van der Waals surface area contributed by atoms with Gasteiger partial charge >= 0.3 is 0 Å². The average molecular weight is 261 g/mol. The van der Waals surface area contributed by atoms with Crippen molar-refractivity contribution in [2.24, 2.45) is 0 Å². The Balaban J connectivity index is 2.57. The second-order valence-corrected chi connectivity index (χ2v) is 4.34. The molecule has 0 aliphatic rings. The van der Waals surface area contributed by atoms with Gasteiger partial charge in [0.1, 0.15) is 5.75 Å². The van der Waals surface area contributed by atoms with Gasteiger partial charge in [-0.25, -0.2) is 4.68 Å². The van der Waals surface area contributed by atoms with Crippen LogP contribution >= 0.6 is 0 Å². The molecule has 2 aromatic rings. The molecule has 102 valence electrons. The molecular formula is C13H19N5O. The number of benzene rings is 1. The molecule has 0 fully saturated rings. The first-order valence-electron chi connectivity index (χ1n) is 6.43. The summed E-state index contributed by atoms with van der Waals surface area (Å²) in [5.74, 6) is 1.34. The largest absolute Gasteiger partial charge is 0.496 e. The molecule has 6 nitrogen and oxygen atoms in total. The van der Waals surface area contributed by atoms with E-state index < -0.39 is 0 Å². The number of nitrogens with zero attached hydrogens (tertiary/aromatic N) is 4. The van der Waals surface area contributed by atoms with E-state index in [9.17, 15) is 0 Å². The fourth-order valence-corrected chi connectivity index (χ4v) is 2.20. The highest BCUT2D eigenvalue weighted by atomic mass is 16.5. The van der Waals surface area contributed by atoms with Crippen molar-refractivity contribution >= 4 is 5.69 Å². The zero-order chi connectivity index (χ0) is 13.8. The van der Waals surface area contributed by atoms with Crippen molar-refractivity contribution in [2.45, 2.75) is 32.7 Å². The summed E-state index contributed by atoms with van der Waals surface area (Å²) in [7, 11) is 1.61. The molecule has 0 bridgehead atoms. The van der Waals surface area contributed by atoms with E-state index in [1.807, 2.05) is 22.9 Å². The lowest BCUT2D eigenvalue weighted by molar-refractivity contribution is 0.409. The van der Waals surface area contributed by atoms with Gasteiger partial charge in [0.2, 0.25) is 0 Å². The van der Waals surface area contributed by atoms with E-state index in [1.165, 1.54) is 0 Å². The molecule has 0 unspecified atom stereocenters. The van der Waals surface area contributed by atoms with Gasteiger partial charge < -0.3 is 10.5 Å². The third-order valence-electron chi connectivity index (χ3n) is 3.28. The van der Waals surface area contributed by atoms with E-state index in [-0.39, 0.29) is 6.04 Å². The third kappa shape index (κ3) is 2.38. The lowest BCUT2D eigenvalue weighted by Crippen LogP contribution is -2.11.